The first-order valence-electron chi connectivity index (χ1n) is 11.3. The summed E-state index contributed by atoms with van der Waals surface area (Å²) in [5, 5.41) is 2.73. The number of carbonyl (C=O) groups excluding carboxylic acids is 2. The average Bonchev–Trinajstić information content (AvgIpc) is 2.79. The van der Waals surface area contributed by atoms with Gasteiger partial charge in [-0.25, -0.2) is 4.99 Å². The molecule has 1 aromatic carbocycles. The molecule has 8 nitrogen and oxygen atoms in total. The SMILES string of the molecule is C[C@@H]1C[C@H](N2C(=O)C[C@@](C)(c3cccc(NC(=O)c4ccc(C(F)(F)F)nc4)c3Cl)N=C2N)CCO1. The third-order valence-electron chi connectivity index (χ3n) is 6.34. The van der Waals surface area contributed by atoms with Gasteiger partial charge in [0.15, 0.2) is 5.96 Å². The number of rotatable bonds is 4. The Hall–Kier alpha value is -3.18. The predicted molar refractivity (Wildman–Crippen MR) is 128 cm³/mol. The monoisotopic (exact) mass is 523 g/mol. The zero-order valence-electron chi connectivity index (χ0n) is 19.6. The molecule has 0 radical (unpaired) electrons. The number of aliphatic imine (C=N–C) groups is 1. The number of halogens is 4. The van der Waals surface area contributed by atoms with Crippen LogP contribution in [-0.2, 0) is 21.2 Å². The normalized spacial score (nSPS) is 24.9. The van der Waals surface area contributed by atoms with Crippen molar-refractivity contribution in [3.8, 4) is 0 Å². The Labute approximate surface area is 210 Å². The highest BCUT2D eigenvalue weighted by Crippen LogP contribution is 2.41. The number of amides is 2. The fourth-order valence-corrected chi connectivity index (χ4v) is 4.92. The lowest BCUT2D eigenvalue weighted by molar-refractivity contribution is -0.141. The molecule has 0 bridgehead atoms. The number of ether oxygens (including phenoxy) is 1. The Morgan fingerprint density at radius 1 is 1.31 bits per heavy atom. The second-order valence-corrected chi connectivity index (χ2v) is 9.47. The molecule has 2 aliphatic rings. The van der Waals surface area contributed by atoms with Gasteiger partial charge in [-0.1, -0.05) is 23.7 Å². The summed E-state index contributed by atoms with van der Waals surface area (Å²) in [5.74, 6) is -0.789. The Balaban J connectivity index is 1.57. The van der Waals surface area contributed by atoms with Crippen LogP contribution in [-0.4, -0.2) is 46.4 Å². The topological polar surface area (TPSA) is 110 Å². The Bertz CT molecular complexity index is 1200. The summed E-state index contributed by atoms with van der Waals surface area (Å²) in [6.45, 7) is 4.20. The molecule has 36 heavy (non-hydrogen) atoms. The Kier molecular flexibility index (Phi) is 6.98. The van der Waals surface area contributed by atoms with Gasteiger partial charge in [-0.15, -0.1) is 0 Å². The summed E-state index contributed by atoms with van der Waals surface area (Å²) in [4.78, 5) is 35.3. The van der Waals surface area contributed by atoms with E-state index in [-0.39, 0.29) is 46.7 Å². The predicted octanol–water partition coefficient (Wildman–Crippen LogP) is 4.34. The number of anilines is 1. The molecule has 3 heterocycles. The molecule has 1 fully saturated rings. The molecule has 3 N–H and O–H groups in total. The van der Waals surface area contributed by atoms with E-state index in [2.05, 4.69) is 15.3 Å². The number of pyridine rings is 1. The summed E-state index contributed by atoms with van der Waals surface area (Å²) in [7, 11) is 0. The van der Waals surface area contributed by atoms with Gasteiger partial charge in [-0.05, 0) is 44.9 Å². The van der Waals surface area contributed by atoms with E-state index in [4.69, 9.17) is 22.1 Å². The van der Waals surface area contributed by atoms with Crippen LogP contribution >= 0.6 is 11.6 Å². The lowest BCUT2D eigenvalue weighted by atomic mass is 9.86. The van der Waals surface area contributed by atoms with Crippen molar-refractivity contribution in [3.63, 3.8) is 0 Å². The number of nitrogens with two attached hydrogens (primary N) is 1. The van der Waals surface area contributed by atoms with Gasteiger partial charge in [0.05, 0.1) is 34.3 Å². The highest BCUT2D eigenvalue weighted by Gasteiger charge is 2.42. The quantitative estimate of drug-likeness (QED) is 0.619. The van der Waals surface area contributed by atoms with Gasteiger partial charge in [0.2, 0.25) is 5.91 Å². The third-order valence-corrected chi connectivity index (χ3v) is 6.75. The maximum absolute atomic E-state index is 13.2. The van der Waals surface area contributed by atoms with Crippen molar-refractivity contribution in [2.45, 2.75) is 57.0 Å². The molecule has 4 rings (SSSR count). The highest BCUT2D eigenvalue weighted by atomic mass is 35.5. The Morgan fingerprint density at radius 3 is 2.67 bits per heavy atom. The molecule has 2 aromatic rings. The average molecular weight is 524 g/mol. The molecule has 0 spiro atoms. The van der Waals surface area contributed by atoms with E-state index in [1.807, 2.05) is 6.92 Å². The number of guanidine groups is 1. The van der Waals surface area contributed by atoms with Crippen LogP contribution in [0.2, 0.25) is 5.02 Å². The molecule has 0 saturated carbocycles. The maximum Gasteiger partial charge on any atom is 0.433 e. The van der Waals surface area contributed by atoms with Gasteiger partial charge in [0, 0.05) is 24.4 Å². The molecular weight excluding hydrogens is 499 g/mol. The van der Waals surface area contributed by atoms with E-state index in [1.54, 1.807) is 19.1 Å². The molecule has 2 amide bonds. The second-order valence-electron chi connectivity index (χ2n) is 9.10. The summed E-state index contributed by atoms with van der Waals surface area (Å²) in [6, 6.07) is 6.51. The van der Waals surface area contributed by atoms with Crippen LogP contribution in [0.1, 0.15) is 54.7 Å². The zero-order valence-corrected chi connectivity index (χ0v) is 20.4. The molecule has 12 heteroatoms. The van der Waals surface area contributed by atoms with Crippen molar-refractivity contribution >= 4 is 35.1 Å². The standard InChI is InChI=1S/C24H25ClF3N5O3/c1-13-10-15(8-9-36-13)33-19(34)11-23(2,32-22(33)29)16-4-3-5-17(20(16)25)31-21(35)14-6-7-18(30-12-14)24(26,27)28/h3-7,12-13,15H,8-11H2,1-2H3,(H2,29,32)(H,31,35)/t13-,15-,23+/m1/s1. The zero-order chi connectivity index (χ0) is 26.3. The number of alkyl halides is 3. The second kappa shape index (κ2) is 9.70. The summed E-state index contributed by atoms with van der Waals surface area (Å²) < 4.78 is 43.8. The van der Waals surface area contributed by atoms with Crippen LogP contribution in [0, 0.1) is 0 Å². The van der Waals surface area contributed by atoms with Crippen LogP contribution in [0.25, 0.3) is 0 Å². The number of hydrogen-bond acceptors (Lipinski definition) is 6. The largest absolute Gasteiger partial charge is 0.433 e. The molecule has 1 aromatic heterocycles. The minimum atomic E-state index is -4.61. The molecule has 0 aliphatic carbocycles. The number of aromatic nitrogens is 1. The lowest BCUT2D eigenvalue weighted by Gasteiger charge is -2.41. The molecular formula is C24H25ClF3N5O3. The summed E-state index contributed by atoms with van der Waals surface area (Å²) in [6.07, 6.45) is -2.44. The van der Waals surface area contributed by atoms with Crippen molar-refractivity contribution in [1.82, 2.24) is 9.88 Å². The number of nitrogens with one attached hydrogen (secondary N) is 1. The van der Waals surface area contributed by atoms with E-state index in [9.17, 15) is 22.8 Å². The first-order valence-corrected chi connectivity index (χ1v) is 11.7. The van der Waals surface area contributed by atoms with Gasteiger partial charge in [0.1, 0.15) is 5.69 Å². The van der Waals surface area contributed by atoms with Crippen molar-refractivity contribution < 1.29 is 27.5 Å². The van der Waals surface area contributed by atoms with Crippen LogP contribution in [0.3, 0.4) is 0 Å². The summed E-state index contributed by atoms with van der Waals surface area (Å²) >= 11 is 6.62. The highest BCUT2D eigenvalue weighted by molar-refractivity contribution is 6.35. The van der Waals surface area contributed by atoms with Crippen LogP contribution < -0.4 is 11.1 Å². The van der Waals surface area contributed by atoms with Gasteiger partial charge >= 0.3 is 6.18 Å². The van der Waals surface area contributed by atoms with Crippen LogP contribution in [0.5, 0.6) is 0 Å². The fourth-order valence-electron chi connectivity index (χ4n) is 4.54. The van der Waals surface area contributed by atoms with E-state index < -0.39 is 23.3 Å². The number of nitrogens with zero attached hydrogens (tertiary/aromatic N) is 3. The number of hydrogen-bond donors (Lipinski definition) is 2. The molecule has 2 aliphatic heterocycles. The molecule has 1 saturated heterocycles. The van der Waals surface area contributed by atoms with Crippen LogP contribution in [0.4, 0.5) is 18.9 Å². The van der Waals surface area contributed by atoms with Gasteiger partial charge in [0.25, 0.3) is 5.91 Å². The number of carbonyl (C=O) groups is 2. The fraction of sp³-hybridized carbons (Fsp3) is 0.417. The molecule has 0 unspecified atom stereocenters. The van der Waals surface area contributed by atoms with Crippen LogP contribution in [0.15, 0.2) is 41.5 Å². The van der Waals surface area contributed by atoms with Crippen molar-refractivity contribution in [2.75, 3.05) is 11.9 Å². The number of benzene rings is 1. The minimum absolute atomic E-state index is 0.00673. The van der Waals surface area contributed by atoms with Crippen molar-refractivity contribution in [1.29, 1.82) is 0 Å². The van der Waals surface area contributed by atoms with E-state index in [1.165, 1.54) is 11.0 Å². The Morgan fingerprint density at radius 2 is 2.06 bits per heavy atom. The lowest BCUT2D eigenvalue weighted by Crippen LogP contribution is -2.56. The van der Waals surface area contributed by atoms with Gasteiger partial charge in [-0.2, -0.15) is 13.2 Å². The first-order chi connectivity index (χ1) is 16.9. The van der Waals surface area contributed by atoms with E-state index >= 15 is 0 Å². The first kappa shape index (κ1) is 25.9. The minimum Gasteiger partial charge on any atom is -0.378 e. The molecule has 192 valence electrons. The van der Waals surface area contributed by atoms with Gasteiger partial charge < -0.3 is 15.8 Å². The summed E-state index contributed by atoms with van der Waals surface area (Å²) in [5.41, 5.74) is 4.69. The van der Waals surface area contributed by atoms with E-state index in [0.29, 0.717) is 25.0 Å². The van der Waals surface area contributed by atoms with Crippen molar-refractivity contribution in [2.24, 2.45) is 10.7 Å². The van der Waals surface area contributed by atoms with Gasteiger partial charge in [-0.3, -0.25) is 19.5 Å². The smallest absolute Gasteiger partial charge is 0.378 e. The maximum atomic E-state index is 13.2. The molecule has 3 atom stereocenters. The third kappa shape index (κ3) is 5.17. The van der Waals surface area contributed by atoms with E-state index in [0.717, 1.165) is 18.3 Å². The van der Waals surface area contributed by atoms with Crippen molar-refractivity contribution in [3.05, 3.63) is 58.4 Å².